The highest BCUT2D eigenvalue weighted by Gasteiger charge is 2.24. The van der Waals surface area contributed by atoms with Crippen LogP contribution in [0.5, 0.6) is 5.75 Å². The second-order valence-electron chi connectivity index (χ2n) is 6.89. The van der Waals surface area contributed by atoms with Gasteiger partial charge in [-0.1, -0.05) is 23.4 Å². The van der Waals surface area contributed by atoms with Gasteiger partial charge in [0.15, 0.2) is 0 Å². The second-order valence-corrected chi connectivity index (χ2v) is 8.41. The fourth-order valence-corrected chi connectivity index (χ4v) is 4.06. The number of quaternary nitrogens is 1. The fourth-order valence-electron chi connectivity index (χ4n) is 2.79. The summed E-state index contributed by atoms with van der Waals surface area (Å²) in [5, 5.41) is 10.5. The van der Waals surface area contributed by atoms with Crippen molar-refractivity contribution >= 4 is 34.7 Å². The minimum atomic E-state index is 0.306. The average Bonchev–Trinajstić information content (AvgIpc) is 2.45. The van der Waals surface area contributed by atoms with E-state index in [9.17, 15) is 5.11 Å². The smallest absolute Gasteiger partial charge is 0.116 e. The molecule has 0 aromatic heterocycles. The summed E-state index contributed by atoms with van der Waals surface area (Å²) >= 11 is 7.91. The van der Waals surface area contributed by atoms with Crippen molar-refractivity contribution in [2.24, 2.45) is 0 Å². The van der Waals surface area contributed by atoms with Crippen LogP contribution >= 0.6 is 23.4 Å². The highest BCUT2D eigenvalue weighted by atomic mass is 35.5. The van der Waals surface area contributed by atoms with Crippen molar-refractivity contribution in [1.29, 1.82) is 0 Å². The molecule has 1 heterocycles. The van der Waals surface area contributed by atoms with E-state index >= 15 is 0 Å². The van der Waals surface area contributed by atoms with Gasteiger partial charge < -0.3 is 14.5 Å². The minimum absolute atomic E-state index is 0.306. The zero-order valence-electron chi connectivity index (χ0n) is 13.7. The molecule has 2 aromatic rings. The van der Waals surface area contributed by atoms with E-state index in [2.05, 4.69) is 32.1 Å². The maximum absolute atomic E-state index is 9.79. The maximum atomic E-state index is 9.79. The largest absolute Gasteiger partial charge is 0.508 e. The molecule has 0 saturated carbocycles. The van der Waals surface area contributed by atoms with Crippen LogP contribution < -0.4 is 4.90 Å². The SMILES string of the molecule is C[N+](C)(C)CCCN1c2ccc(O)cc2Sc2ccc(Cl)cc21. The predicted octanol–water partition coefficient (Wildman–Crippen LogP) is 4.74. The number of benzene rings is 2. The Morgan fingerprint density at radius 1 is 1.04 bits per heavy atom. The molecule has 1 aliphatic rings. The Labute approximate surface area is 147 Å². The highest BCUT2D eigenvalue weighted by Crippen LogP contribution is 2.49. The van der Waals surface area contributed by atoms with E-state index in [-0.39, 0.29) is 0 Å². The standard InChI is InChI=1S/C18H21ClN2OS/c1-21(2,3)10-4-9-20-15-7-6-14(22)12-18(15)23-17-8-5-13(19)11-16(17)20/h5-8,11-12H,4,9-10H2,1-3H3/p+1. The lowest BCUT2D eigenvalue weighted by atomic mass is 10.2. The number of halogens is 1. The first-order valence-corrected chi connectivity index (χ1v) is 8.91. The Bertz CT molecular complexity index is 727. The number of rotatable bonds is 4. The molecule has 122 valence electrons. The maximum Gasteiger partial charge on any atom is 0.116 e. The average molecular weight is 350 g/mol. The van der Waals surface area contributed by atoms with E-state index < -0.39 is 0 Å². The van der Waals surface area contributed by atoms with Crippen molar-refractivity contribution in [3.63, 3.8) is 0 Å². The summed E-state index contributed by atoms with van der Waals surface area (Å²) in [6, 6.07) is 11.6. The monoisotopic (exact) mass is 349 g/mol. The third-order valence-electron chi connectivity index (χ3n) is 3.88. The van der Waals surface area contributed by atoms with Gasteiger partial charge in [-0.15, -0.1) is 0 Å². The number of anilines is 2. The van der Waals surface area contributed by atoms with Crippen LogP contribution in [0.2, 0.25) is 5.02 Å². The molecule has 0 radical (unpaired) electrons. The Morgan fingerprint density at radius 2 is 1.83 bits per heavy atom. The van der Waals surface area contributed by atoms with Crippen molar-refractivity contribution in [2.75, 3.05) is 39.1 Å². The molecule has 2 aromatic carbocycles. The van der Waals surface area contributed by atoms with Crippen LogP contribution in [0.4, 0.5) is 11.4 Å². The summed E-state index contributed by atoms with van der Waals surface area (Å²) in [5.74, 6) is 0.306. The first kappa shape index (κ1) is 16.5. The molecule has 3 rings (SSSR count). The van der Waals surface area contributed by atoms with Crippen molar-refractivity contribution < 1.29 is 9.59 Å². The molecular formula is C18H22ClN2OS+. The number of phenols is 1. The molecule has 0 aliphatic carbocycles. The molecule has 0 saturated heterocycles. The van der Waals surface area contributed by atoms with Crippen LogP contribution in [0.25, 0.3) is 0 Å². The topological polar surface area (TPSA) is 23.5 Å². The number of fused-ring (bicyclic) bond motifs is 2. The summed E-state index contributed by atoms with van der Waals surface area (Å²) in [6.45, 7) is 2.04. The van der Waals surface area contributed by atoms with Crippen LogP contribution in [0, 0.1) is 0 Å². The first-order valence-electron chi connectivity index (χ1n) is 7.72. The molecule has 1 N–H and O–H groups in total. The number of nitrogens with zero attached hydrogens (tertiary/aromatic N) is 2. The van der Waals surface area contributed by atoms with Gasteiger partial charge in [-0.05, 0) is 36.4 Å². The summed E-state index contributed by atoms with van der Waals surface area (Å²) in [6.07, 6.45) is 1.08. The quantitative estimate of drug-likeness (QED) is 0.806. The van der Waals surface area contributed by atoms with E-state index in [0.29, 0.717) is 5.75 Å². The van der Waals surface area contributed by atoms with Crippen molar-refractivity contribution in [2.45, 2.75) is 16.2 Å². The summed E-state index contributed by atoms with van der Waals surface area (Å²) in [4.78, 5) is 4.59. The molecule has 3 nitrogen and oxygen atoms in total. The lowest BCUT2D eigenvalue weighted by Crippen LogP contribution is -2.37. The van der Waals surface area contributed by atoms with Crippen molar-refractivity contribution in [3.05, 3.63) is 41.4 Å². The minimum Gasteiger partial charge on any atom is -0.508 e. The lowest BCUT2D eigenvalue weighted by Gasteiger charge is -2.34. The summed E-state index contributed by atoms with van der Waals surface area (Å²) in [7, 11) is 6.63. The normalized spacial score (nSPS) is 13.7. The third kappa shape index (κ3) is 3.77. The zero-order valence-corrected chi connectivity index (χ0v) is 15.3. The van der Waals surface area contributed by atoms with E-state index in [4.69, 9.17) is 11.6 Å². The molecule has 0 bridgehead atoms. The Kier molecular flexibility index (Phi) is 4.50. The Balaban J connectivity index is 1.94. The van der Waals surface area contributed by atoms with E-state index in [1.807, 2.05) is 24.3 Å². The van der Waals surface area contributed by atoms with Crippen LogP contribution in [0.3, 0.4) is 0 Å². The van der Waals surface area contributed by atoms with E-state index in [0.717, 1.165) is 45.3 Å². The van der Waals surface area contributed by atoms with E-state index in [1.54, 1.807) is 17.8 Å². The molecule has 23 heavy (non-hydrogen) atoms. The Morgan fingerprint density at radius 3 is 2.57 bits per heavy atom. The predicted molar refractivity (Wildman–Crippen MR) is 98.2 cm³/mol. The molecule has 0 fully saturated rings. The first-order chi connectivity index (χ1) is 10.8. The van der Waals surface area contributed by atoms with Gasteiger partial charge in [-0.25, -0.2) is 0 Å². The number of hydrogen-bond acceptors (Lipinski definition) is 3. The lowest BCUT2D eigenvalue weighted by molar-refractivity contribution is -0.870. The van der Waals surface area contributed by atoms with E-state index in [1.165, 1.54) is 4.90 Å². The molecular weight excluding hydrogens is 328 g/mol. The summed E-state index contributed by atoms with van der Waals surface area (Å²) in [5.41, 5.74) is 2.30. The van der Waals surface area contributed by atoms with Crippen LogP contribution in [-0.2, 0) is 0 Å². The van der Waals surface area contributed by atoms with Gasteiger partial charge in [-0.3, -0.25) is 0 Å². The van der Waals surface area contributed by atoms with Gasteiger partial charge in [0.1, 0.15) is 5.75 Å². The highest BCUT2D eigenvalue weighted by molar-refractivity contribution is 7.99. The third-order valence-corrected chi connectivity index (χ3v) is 5.22. The van der Waals surface area contributed by atoms with Gasteiger partial charge in [0.2, 0.25) is 0 Å². The van der Waals surface area contributed by atoms with Gasteiger partial charge in [0.25, 0.3) is 0 Å². The molecule has 0 atom stereocenters. The van der Waals surface area contributed by atoms with Crippen molar-refractivity contribution in [1.82, 2.24) is 0 Å². The van der Waals surface area contributed by atoms with Crippen LogP contribution in [-0.4, -0.2) is 43.8 Å². The second kappa shape index (κ2) is 6.27. The summed E-state index contributed by atoms with van der Waals surface area (Å²) < 4.78 is 0.952. The zero-order chi connectivity index (χ0) is 16.6. The molecule has 0 unspecified atom stereocenters. The molecule has 5 heteroatoms. The number of aromatic hydroxyl groups is 1. The molecule has 1 aliphatic heterocycles. The number of phenolic OH excluding ortho intramolecular Hbond substituents is 1. The van der Waals surface area contributed by atoms with Gasteiger partial charge in [-0.2, -0.15) is 0 Å². The Hall–Kier alpha value is -1.36. The van der Waals surface area contributed by atoms with Crippen LogP contribution in [0.15, 0.2) is 46.2 Å². The fraction of sp³-hybridized carbons (Fsp3) is 0.333. The van der Waals surface area contributed by atoms with Crippen LogP contribution in [0.1, 0.15) is 6.42 Å². The molecule has 0 amide bonds. The molecule has 0 spiro atoms. The number of hydrogen-bond donors (Lipinski definition) is 1. The van der Waals surface area contributed by atoms with Crippen molar-refractivity contribution in [3.8, 4) is 5.75 Å². The van der Waals surface area contributed by atoms with Gasteiger partial charge >= 0.3 is 0 Å². The van der Waals surface area contributed by atoms with Gasteiger partial charge in [0.05, 0.1) is 39.1 Å². The van der Waals surface area contributed by atoms with Gasteiger partial charge in [0, 0.05) is 27.8 Å².